The third kappa shape index (κ3) is 4.60. The highest BCUT2D eigenvalue weighted by molar-refractivity contribution is 5.97. The number of non-ortho nitro benzene ring substituents is 1. The highest BCUT2D eigenvalue weighted by Gasteiger charge is 2.16. The molecular weight excluding hydrogens is 266 g/mol. The molecule has 7 nitrogen and oxygen atoms in total. The quantitative estimate of drug-likeness (QED) is 0.441. The summed E-state index contributed by atoms with van der Waals surface area (Å²) in [6.45, 7) is 3.64. The number of nitro benzene ring substituents is 1. The fourth-order valence-electron chi connectivity index (χ4n) is 1.52. The molecule has 20 heavy (non-hydrogen) atoms. The van der Waals surface area contributed by atoms with E-state index in [4.69, 9.17) is 9.47 Å². The molecule has 1 aromatic carbocycles. The zero-order valence-electron chi connectivity index (χ0n) is 11.4. The van der Waals surface area contributed by atoms with Crippen LogP contribution in [0, 0.1) is 10.1 Å². The first-order valence-electron chi connectivity index (χ1n) is 6.13. The molecule has 7 heteroatoms. The Labute approximate surface area is 116 Å². The zero-order chi connectivity index (χ0) is 15.1. The summed E-state index contributed by atoms with van der Waals surface area (Å²) in [6, 6.07) is 3.76. The van der Waals surface area contributed by atoms with Crippen molar-refractivity contribution in [2.45, 2.75) is 20.0 Å². The first-order chi connectivity index (χ1) is 9.45. The lowest BCUT2D eigenvalue weighted by molar-refractivity contribution is -0.384. The van der Waals surface area contributed by atoms with Crippen LogP contribution >= 0.6 is 0 Å². The lowest BCUT2D eigenvalue weighted by atomic mass is 10.1. The first-order valence-corrected chi connectivity index (χ1v) is 6.13. The van der Waals surface area contributed by atoms with Crippen LogP contribution in [0.25, 0.3) is 0 Å². The van der Waals surface area contributed by atoms with E-state index in [-0.39, 0.29) is 36.0 Å². The van der Waals surface area contributed by atoms with Gasteiger partial charge in [0, 0.05) is 18.7 Å². The third-order valence-corrected chi connectivity index (χ3v) is 2.50. The normalized spacial score (nSPS) is 11.9. The molecule has 0 aromatic heterocycles. The van der Waals surface area contributed by atoms with E-state index in [0.717, 1.165) is 6.07 Å². The third-order valence-electron chi connectivity index (χ3n) is 2.50. The monoisotopic (exact) mass is 283 g/mol. The zero-order valence-corrected chi connectivity index (χ0v) is 11.4. The van der Waals surface area contributed by atoms with E-state index < -0.39 is 11.0 Å². The molecule has 0 spiro atoms. The van der Waals surface area contributed by atoms with Crippen LogP contribution in [0.2, 0.25) is 0 Å². The Bertz CT molecular complexity index is 488. The summed E-state index contributed by atoms with van der Waals surface area (Å²) in [5, 5.41) is 20.2. The number of rotatable bonds is 8. The second kappa shape index (κ2) is 7.56. The second-order valence-corrected chi connectivity index (χ2v) is 4.12. The highest BCUT2D eigenvalue weighted by atomic mass is 16.6. The Balaban J connectivity index is 2.79. The number of Topliss-reactive ketones (excluding diaryl/α,β-unsaturated/α-hetero) is 1. The molecule has 1 unspecified atom stereocenters. The van der Waals surface area contributed by atoms with E-state index in [9.17, 15) is 20.0 Å². The Kier molecular flexibility index (Phi) is 6.08. The number of ether oxygens (including phenoxy) is 2. The van der Waals surface area contributed by atoms with Gasteiger partial charge in [0.15, 0.2) is 5.78 Å². The van der Waals surface area contributed by atoms with Crippen LogP contribution < -0.4 is 4.74 Å². The topological polar surface area (TPSA) is 98.9 Å². The van der Waals surface area contributed by atoms with Gasteiger partial charge in [-0.15, -0.1) is 0 Å². The fourth-order valence-corrected chi connectivity index (χ4v) is 1.52. The van der Waals surface area contributed by atoms with E-state index in [1.165, 1.54) is 19.1 Å². The highest BCUT2D eigenvalue weighted by Crippen LogP contribution is 2.24. The van der Waals surface area contributed by atoms with Crippen molar-refractivity contribution in [1.29, 1.82) is 0 Å². The van der Waals surface area contributed by atoms with Crippen molar-refractivity contribution in [2.75, 3.05) is 19.8 Å². The summed E-state index contributed by atoms with van der Waals surface area (Å²) in [5.41, 5.74) is -0.0692. The van der Waals surface area contributed by atoms with E-state index in [0.29, 0.717) is 6.61 Å². The minimum Gasteiger partial charge on any atom is -0.490 e. The summed E-state index contributed by atoms with van der Waals surface area (Å²) in [4.78, 5) is 21.6. The summed E-state index contributed by atoms with van der Waals surface area (Å²) >= 11 is 0. The predicted molar refractivity (Wildman–Crippen MR) is 71.1 cm³/mol. The molecule has 1 rings (SSSR count). The van der Waals surface area contributed by atoms with Crippen LogP contribution in [0.3, 0.4) is 0 Å². The first kappa shape index (κ1) is 16.1. The van der Waals surface area contributed by atoms with Gasteiger partial charge in [0.05, 0.1) is 17.1 Å². The molecule has 0 aliphatic rings. The van der Waals surface area contributed by atoms with E-state index >= 15 is 0 Å². The van der Waals surface area contributed by atoms with Crippen molar-refractivity contribution >= 4 is 11.5 Å². The largest absolute Gasteiger partial charge is 0.490 e. The molecule has 0 saturated heterocycles. The average molecular weight is 283 g/mol. The summed E-state index contributed by atoms with van der Waals surface area (Å²) in [5.74, 6) is -0.137. The molecule has 0 fully saturated rings. The van der Waals surface area contributed by atoms with Crippen LogP contribution in [-0.4, -0.2) is 41.7 Å². The molecule has 1 aromatic rings. The Morgan fingerprint density at radius 3 is 2.70 bits per heavy atom. The summed E-state index contributed by atoms with van der Waals surface area (Å²) in [6.07, 6.45) is -0.829. The van der Waals surface area contributed by atoms with Gasteiger partial charge in [0.2, 0.25) is 0 Å². The van der Waals surface area contributed by atoms with Gasteiger partial charge in [-0.25, -0.2) is 0 Å². The lowest BCUT2D eigenvalue weighted by Crippen LogP contribution is -2.23. The second-order valence-electron chi connectivity index (χ2n) is 4.12. The SMILES string of the molecule is CCOCC(O)COc1ccc([N+](=O)[O-])cc1C(C)=O. The van der Waals surface area contributed by atoms with Gasteiger partial charge >= 0.3 is 0 Å². The number of aliphatic hydroxyl groups is 1. The van der Waals surface area contributed by atoms with Crippen LogP contribution in [0.1, 0.15) is 24.2 Å². The number of carbonyl (C=O) groups excluding carboxylic acids is 1. The van der Waals surface area contributed by atoms with Gasteiger partial charge in [-0.3, -0.25) is 14.9 Å². The standard InChI is InChI=1S/C13H17NO6/c1-3-19-7-11(16)8-20-13-5-4-10(14(17)18)6-12(13)9(2)15/h4-6,11,16H,3,7-8H2,1-2H3. The van der Waals surface area contributed by atoms with Crippen LogP contribution in [-0.2, 0) is 4.74 Å². The molecule has 0 bridgehead atoms. The number of benzene rings is 1. The number of nitro groups is 1. The summed E-state index contributed by atoms with van der Waals surface area (Å²) < 4.78 is 10.3. The molecule has 0 saturated carbocycles. The average Bonchev–Trinajstić information content (AvgIpc) is 2.42. The molecule has 0 aliphatic carbocycles. The van der Waals surface area contributed by atoms with Crippen LogP contribution in [0.4, 0.5) is 5.69 Å². The Morgan fingerprint density at radius 1 is 1.45 bits per heavy atom. The van der Waals surface area contributed by atoms with Gasteiger partial charge in [-0.2, -0.15) is 0 Å². The number of aliphatic hydroxyl groups excluding tert-OH is 1. The molecule has 0 amide bonds. The minimum absolute atomic E-state index is 0.0574. The van der Waals surface area contributed by atoms with Crippen LogP contribution in [0.15, 0.2) is 18.2 Å². The van der Waals surface area contributed by atoms with Gasteiger partial charge in [-0.05, 0) is 19.9 Å². The van der Waals surface area contributed by atoms with Gasteiger partial charge in [0.25, 0.3) is 5.69 Å². The number of hydrogen-bond acceptors (Lipinski definition) is 6. The smallest absolute Gasteiger partial charge is 0.270 e. The van der Waals surface area contributed by atoms with E-state index in [1.54, 1.807) is 6.92 Å². The number of hydrogen-bond donors (Lipinski definition) is 1. The minimum atomic E-state index is -0.829. The van der Waals surface area contributed by atoms with Crippen molar-refractivity contribution in [3.63, 3.8) is 0 Å². The lowest BCUT2D eigenvalue weighted by Gasteiger charge is -2.13. The maximum absolute atomic E-state index is 11.5. The summed E-state index contributed by atoms with van der Waals surface area (Å²) in [7, 11) is 0. The van der Waals surface area contributed by atoms with Gasteiger partial charge in [0.1, 0.15) is 18.5 Å². The van der Waals surface area contributed by atoms with E-state index in [1.807, 2.05) is 0 Å². The Hall–Kier alpha value is -1.99. The molecule has 1 N–H and O–H groups in total. The fraction of sp³-hybridized carbons (Fsp3) is 0.462. The maximum atomic E-state index is 11.5. The number of carbonyl (C=O) groups is 1. The molecule has 110 valence electrons. The molecule has 0 aliphatic heterocycles. The van der Waals surface area contributed by atoms with Crippen molar-refractivity contribution < 1.29 is 24.3 Å². The maximum Gasteiger partial charge on any atom is 0.270 e. The van der Waals surface area contributed by atoms with Crippen molar-refractivity contribution in [3.8, 4) is 5.75 Å². The molecular formula is C13H17NO6. The number of nitrogens with zero attached hydrogens (tertiary/aromatic N) is 1. The van der Waals surface area contributed by atoms with Crippen molar-refractivity contribution in [1.82, 2.24) is 0 Å². The van der Waals surface area contributed by atoms with Gasteiger partial charge in [-0.1, -0.05) is 0 Å². The molecule has 0 heterocycles. The van der Waals surface area contributed by atoms with Crippen molar-refractivity contribution in [3.05, 3.63) is 33.9 Å². The van der Waals surface area contributed by atoms with E-state index in [2.05, 4.69) is 0 Å². The van der Waals surface area contributed by atoms with Crippen LogP contribution in [0.5, 0.6) is 5.75 Å². The molecule has 1 atom stereocenters. The molecule has 0 radical (unpaired) electrons. The van der Waals surface area contributed by atoms with Crippen molar-refractivity contribution in [2.24, 2.45) is 0 Å². The van der Waals surface area contributed by atoms with Gasteiger partial charge < -0.3 is 14.6 Å². The Morgan fingerprint density at radius 2 is 2.15 bits per heavy atom. The predicted octanol–water partition coefficient (Wildman–Crippen LogP) is 1.57. The number of ketones is 1.